The predicted octanol–water partition coefficient (Wildman–Crippen LogP) is 0.863. The number of rotatable bonds is 6. The molecule has 3 N–H and O–H groups in total. The van der Waals surface area contributed by atoms with Crippen LogP contribution < -0.4 is 11.2 Å². The first-order valence-corrected chi connectivity index (χ1v) is 6.89. The number of hydrogen-bond donors (Lipinski definition) is 2. The minimum Gasteiger partial charge on any atom is -0.480 e. The van der Waals surface area contributed by atoms with Gasteiger partial charge in [-0.2, -0.15) is 0 Å². The standard InChI is InChI=1S/C15H24BNO4/c1-8-10(3)14(16(20-5)21-6)11(4)9(2)12(8)7-13(17)15(18)19/h13H,7,17H2,1-6H3,(H,18,19). The molecule has 0 aliphatic heterocycles. The van der Waals surface area contributed by atoms with Crippen LogP contribution in [0.2, 0.25) is 0 Å². The van der Waals surface area contributed by atoms with E-state index in [4.69, 9.17) is 20.1 Å². The van der Waals surface area contributed by atoms with Crippen molar-refractivity contribution in [2.75, 3.05) is 14.2 Å². The van der Waals surface area contributed by atoms with Gasteiger partial charge in [0.1, 0.15) is 6.04 Å². The van der Waals surface area contributed by atoms with Crippen molar-refractivity contribution in [1.82, 2.24) is 0 Å². The first-order chi connectivity index (χ1) is 9.76. The number of carbonyl (C=O) groups is 1. The Morgan fingerprint density at radius 3 is 1.86 bits per heavy atom. The Morgan fingerprint density at radius 1 is 1.10 bits per heavy atom. The zero-order valence-corrected chi connectivity index (χ0v) is 13.6. The van der Waals surface area contributed by atoms with E-state index in [2.05, 4.69) is 0 Å². The van der Waals surface area contributed by atoms with E-state index >= 15 is 0 Å². The van der Waals surface area contributed by atoms with E-state index in [1.165, 1.54) is 0 Å². The minimum absolute atomic E-state index is 0.319. The quantitative estimate of drug-likeness (QED) is 0.760. The van der Waals surface area contributed by atoms with Gasteiger partial charge in [-0.25, -0.2) is 0 Å². The average molecular weight is 293 g/mol. The zero-order chi connectivity index (χ0) is 16.3. The van der Waals surface area contributed by atoms with Gasteiger partial charge in [0, 0.05) is 14.2 Å². The average Bonchev–Trinajstić information content (AvgIpc) is 2.45. The smallest absolute Gasteiger partial charge is 0.480 e. The molecule has 21 heavy (non-hydrogen) atoms. The number of benzene rings is 1. The van der Waals surface area contributed by atoms with Crippen molar-refractivity contribution in [2.24, 2.45) is 5.73 Å². The Labute approximate surface area is 126 Å². The van der Waals surface area contributed by atoms with E-state index < -0.39 is 19.1 Å². The minimum atomic E-state index is -0.986. The van der Waals surface area contributed by atoms with Crippen LogP contribution in [0.4, 0.5) is 0 Å². The van der Waals surface area contributed by atoms with Crippen LogP contribution in [0.1, 0.15) is 27.8 Å². The van der Waals surface area contributed by atoms with Crippen molar-refractivity contribution >= 4 is 18.6 Å². The molecule has 0 heterocycles. The molecule has 5 nitrogen and oxygen atoms in total. The van der Waals surface area contributed by atoms with Crippen LogP contribution in [0.3, 0.4) is 0 Å². The van der Waals surface area contributed by atoms with Gasteiger partial charge >= 0.3 is 13.1 Å². The third kappa shape index (κ3) is 3.45. The van der Waals surface area contributed by atoms with E-state index in [9.17, 15) is 4.79 Å². The summed E-state index contributed by atoms with van der Waals surface area (Å²) in [5.41, 5.74) is 11.9. The molecular weight excluding hydrogens is 269 g/mol. The molecule has 1 aromatic rings. The fraction of sp³-hybridized carbons (Fsp3) is 0.533. The highest BCUT2D eigenvalue weighted by molar-refractivity contribution is 6.62. The Morgan fingerprint density at radius 2 is 1.52 bits per heavy atom. The summed E-state index contributed by atoms with van der Waals surface area (Å²) in [5, 5.41) is 9.02. The van der Waals surface area contributed by atoms with Gasteiger partial charge in [-0.05, 0) is 67.4 Å². The summed E-state index contributed by atoms with van der Waals surface area (Å²) in [7, 11) is 2.78. The van der Waals surface area contributed by atoms with Gasteiger partial charge in [0.25, 0.3) is 0 Å². The SMILES string of the molecule is COB(OC)c1c(C)c(C)c(CC(N)C(=O)O)c(C)c1C. The molecule has 0 radical (unpaired) electrons. The second-order valence-electron chi connectivity index (χ2n) is 5.34. The maximum Gasteiger partial charge on any atom is 0.494 e. The van der Waals surface area contributed by atoms with Gasteiger partial charge in [-0.15, -0.1) is 0 Å². The molecule has 0 fully saturated rings. The number of aliphatic carboxylic acids is 1. The lowest BCUT2D eigenvalue weighted by atomic mass is 9.69. The maximum absolute atomic E-state index is 11.0. The number of nitrogens with two attached hydrogens (primary N) is 1. The molecule has 1 rings (SSSR count). The highest BCUT2D eigenvalue weighted by Gasteiger charge is 2.27. The van der Waals surface area contributed by atoms with Crippen LogP contribution >= 0.6 is 0 Å². The van der Waals surface area contributed by atoms with Gasteiger partial charge in [-0.3, -0.25) is 4.79 Å². The lowest BCUT2D eigenvalue weighted by molar-refractivity contribution is -0.138. The van der Waals surface area contributed by atoms with Crippen molar-refractivity contribution in [3.63, 3.8) is 0 Å². The largest absolute Gasteiger partial charge is 0.494 e. The number of hydrogen-bond acceptors (Lipinski definition) is 4. The molecule has 0 saturated carbocycles. The van der Waals surface area contributed by atoms with E-state index in [1.54, 1.807) is 14.2 Å². The summed E-state index contributed by atoms with van der Waals surface area (Å²) in [6.45, 7) is 7.96. The van der Waals surface area contributed by atoms with Crippen LogP contribution in [0.15, 0.2) is 0 Å². The van der Waals surface area contributed by atoms with Gasteiger partial charge in [0.05, 0.1) is 0 Å². The van der Waals surface area contributed by atoms with Crippen molar-refractivity contribution in [3.8, 4) is 0 Å². The third-order valence-corrected chi connectivity index (χ3v) is 4.24. The molecule has 6 heteroatoms. The second kappa shape index (κ2) is 7.07. The molecule has 0 aliphatic carbocycles. The molecule has 1 aromatic carbocycles. The zero-order valence-electron chi connectivity index (χ0n) is 13.6. The molecule has 116 valence electrons. The van der Waals surface area contributed by atoms with Crippen molar-refractivity contribution in [3.05, 3.63) is 27.8 Å². The van der Waals surface area contributed by atoms with Crippen LogP contribution in [-0.2, 0) is 20.5 Å². The Balaban J connectivity index is 3.42. The monoisotopic (exact) mass is 293 g/mol. The van der Waals surface area contributed by atoms with E-state index in [1.807, 2.05) is 27.7 Å². The summed E-state index contributed by atoms with van der Waals surface area (Å²) in [4.78, 5) is 11.0. The third-order valence-electron chi connectivity index (χ3n) is 4.24. The van der Waals surface area contributed by atoms with Crippen molar-refractivity contribution < 1.29 is 19.2 Å². The first-order valence-electron chi connectivity index (χ1n) is 6.89. The Kier molecular flexibility index (Phi) is 5.95. The molecule has 0 amide bonds. The van der Waals surface area contributed by atoms with Crippen LogP contribution in [-0.4, -0.2) is 38.5 Å². The Hall–Kier alpha value is -1.37. The van der Waals surface area contributed by atoms with Crippen molar-refractivity contribution in [1.29, 1.82) is 0 Å². The maximum atomic E-state index is 11.0. The second-order valence-corrected chi connectivity index (χ2v) is 5.34. The first kappa shape index (κ1) is 17.7. The van der Waals surface area contributed by atoms with Crippen LogP contribution in [0.25, 0.3) is 0 Å². The van der Waals surface area contributed by atoms with Gasteiger partial charge in [-0.1, -0.05) is 0 Å². The number of carboxylic acids is 1. The topological polar surface area (TPSA) is 81.8 Å². The fourth-order valence-corrected chi connectivity index (χ4v) is 2.72. The van der Waals surface area contributed by atoms with Crippen molar-refractivity contribution in [2.45, 2.75) is 40.2 Å². The molecule has 0 aliphatic rings. The van der Waals surface area contributed by atoms with E-state index in [-0.39, 0.29) is 0 Å². The fourth-order valence-electron chi connectivity index (χ4n) is 2.72. The van der Waals surface area contributed by atoms with E-state index in [0.29, 0.717) is 6.42 Å². The molecule has 0 bridgehead atoms. The number of carboxylic acid groups (broad SMARTS) is 1. The predicted molar refractivity (Wildman–Crippen MR) is 84.1 cm³/mol. The molecule has 0 aromatic heterocycles. The molecule has 0 spiro atoms. The molecule has 0 saturated heterocycles. The molecule has 1 unspecified atom stereocenters. The van der Waals surface area contributed by atoms with Gasteiger partial charge in [0.15, 0.2) is 0 Å². The summed E-state index contributed by atoms with van der Waals surface area (Å²) in [5.74, 6) is -0.986. The van der Waals surface area contributed by atoms with E-state index in [0.717, 1.165) is 33.3 Å². The molecule has 1 atom stereocenters. The Bertz CT molecular complexity index is 512. The molecular formula is C15H24BNO4. The normalized spacial score (nSPS) is 12.3. The lowest BCUT2D eigenvalue weighted by Gasteiger charge is -2.23. The summed E-state index contributed by atoms with van der Waals surface area (Å²) in [6.07, 6.45) is 0.319. The van der Waals surface area contributed by atoms with Crippen LogP contribution in [0, 0.1) is 27.7 Å². The summed E-state index contributed by atoms with van der Waals surface area (Å²) >= 11 is 0. The van der Waals surface area contributed by atoms with Gasteiger partial charge < -0.3 is 20.1 Å². The highest BCUT2D eigenvalue weighted by Crippen LogP contribution is 2.22. The lowest BCUT2D eigenvalue weighted by Crippen LogP contribution is -2.40. The highest BCUT2D eigenvalue weighted by atomic mass is 16.6. The van der Waals surface area contributed by atoms with Gasteiger partial charge in [0.2, 0.25) is 0 Å². The van der Waals surface area contributed by atoms with Crippen LogP contribution in [0.5, 0.6) is 0 Å². The summed E-state index contributed by atoms with van der Waals surface area (Å²) in [6, 6.07) is -0.896. The summed E-state index contributed by atoms with van der Waals surface area (Å²) < 4.78 is 10.8.